The molecule has 1 N–H and O–H groups in total. The fourth-order valence-electron chi connectivity index (χ4n) is 0.838. The molecule has 0 aliphatic carbocycles. The van der Waals surface area contributed by atoms with Gasteiger partial charge in [-0.1, -0.05) is 13.8 Å². The van der Waals surface area contributed by atoms with Crippen molar-refractivity contribution in [1.82, 2.24) is 0 Å². The topological polar surface area (TPSA) is 12.0 Å². The van der Waals surface area contributed by atoms with Crippen LogP contribution in [0.25, 0.3) is 0 Å². The normalized spacial score (nSPS) is 8.77. The lowest BCUT2D eigenvalue weighted by Crippen LogP contribution is -1.95. The van der Waals surface area contributed by atoms with E-state index in [0.717, 1.165) is 6.07 Å². The maximum Gasteiger partial charge on any atom is 0.146 e. The number of aryl methyl sites for hydroxylation is 1. The van der Waals surface area contributed by atoms with Crippen LogP contribution in [0, 0.1) is 18.6 Å². The van der Waals surface area contributed by atoms with Gasteiger partial charge in [-0.25, -0.2) is 8.78 Å². The van der Waals surface area contributed by atoms with Crippen molar-refractivity contribution < 1.29 is 8.78 Å². The molecule has 0 aliphatic rings. The molecule has 3 heteroatoms. The van der Waals surface area contributed by atoms with Crippen LogP contribution < -0.4 is 5.32 Å². The fraction of sp³-hybridized carbons (Fsp3) is 0.400. The molecule has 0 spiro atoms. The zero-order valence-corrected chi connectivity index (χ0v) is 8.41. The largest absolute Gasteiger partial charge is 0.386 e. The molecular weight excluding hydrogens is 172 g/mol. The molecule has 0 fully saturated rings. The Morgan fingerprint density at radius 1 is 1.08 bits per heavy atom. The Kier molecular flexibility index (Phi) is 5.04. The van der Waals surface area contributed by atoms with Crippen LogP contribution in [0.4, 0.5) is 14.5 Å². The lowest BCUT2D eigenvalue weighted by atomic mass is 10.2. The third kappa shape index (κ3) is 3.01. The average Bonchev–Trinajstić information content (AvgIpc) is 2.15. The second kappa shape index (κ2) is 5.51. The van der Waals surface area contributed by atoms with Crippen molar-refractivity contribution in [3.05, 3.63) is 29.3 Å². The van der Waals surface area contributed by atoms with Crippen LogP contribution in [-0.2, 0) is 0 Å². The van der Waals surface area contributed by atoms with Gasteiger partial charge in [-0.15, -0.1) is 0 Å². The summed E-state index contributed by atoms with van der Waals surface area (Å²) in [6.07, 6.45) is 0. The van der Waals surface area contributed by atoms with E-state index < -0.39 is 11.6 Å². The molecular formula is C10H15F2N. The van der Waals surface area contributed by atoms with Crippen molar-refractivity contribution in [1.29, 1.82) is 0 Å². The predicted molar refractivity (Wildman–Crippen MR) is 52.0 cm³/mol. The predicted octanol–water partition coefficient (Wildman–Crippen LogP) is 3.34. The quantitative estimate of drug-likeness (QED) is 0.711. The van der Waals surface area contributed by atoms with Crippen LogP contribution in [0.15, 0.2) is 12.1 Å². The molecule has 0 unspecified atom stereocenters. The zero-order chi connectivity index (χ0) is 10.4. The minimum atomic E-state index is -0.425. The van der Waals surface area contributed by atoms with E-state index in [0.29, 0.717) is 5.56 Å². The van der Waals surface area contributed by atoms with Crippen molar-refractivity contribution in [2.24, 2.45) is 0 Å². The fourth-order valence-corrected chi connectivity index (χ4v) is 0.838. The number of anilines is 1. The Balaban J connectivity index is 0.000000671. The first kappa shape index (κ1) is 11.9. The van der Waals surface area contributed by atoms with Gasteiger partial charge in [0.2, 0.25) is 0 Å². The standard InChI is InChI=1S/C8H9F2N.C2H6/c1-5-3-7(10)8(11-2)4-6(5)9;1-2/h3-4,11H,1-2H3;1-2H3. The molecule has 0 aromatic heterocycles. The third-order valence-electron chi connectivity index (χ3n) is 1.52. The van der Waals surface area contributed by atoms with Gasteiger partial charge in [-0.2, -0.15) is 0 Å². The van der Waals surface area contributed by atoms with E-state index in [4.69, 9.17) is 0 Å². The smallest absolute Gasteiger partial charge is 0.146 e. The first-order valence-corrected chi connectivity index (χ1v) is 4.28. The monoisotopic (exact) mass is 187 g/mol. The second-order valence-electron chi connectivity index (χ2n) is 2.33. The first-order valence-electron chi connectivity index (χ1n) is 4.28. The maximum absolute atomic E-state index is 12.8. The minimum absolute atomic E-state index is 0.188. The highest BCUT2D eigenvalue weighted by Crippen LogP contribution is 2.17. The van der Waals surface area contributed by atoms with E-state index in [1.54, 1.807) is 7.05 Å². The minimum Gasteiger partial charge on any atom is -0.386 e. The highest BCUT2D eigenvalue weighted by Gasteiger charge is 2.04. The van der Waals surface area contributed by atoms with Gasteiger partial charge in [0.15, 0.2) is 0 Å². The highest BCUT2D eigenvalue weighted by atomic mass is 19.1. The molecule has 0 bridgehead atoms. The van der Waals surface area contributed by atoms with Crippen molar-refractivity contribution in [2.75, 3.05) is 12.4 Å². The lowest BCUT2D eigenvalue weighted by Gasteiger charge is -2.03. The molecule has 13 heavy (non-hydrogen) atoms. The molecule has 1 aromatic rings. The highest BCUT2D eigenvalue weighted by molar-refractivity contribution is 5.46. The summed E-state index contributed by atoms with van der Waals surface area (Å²) in [7, 11) is 1.55. The van der Waals surface area contributed by atoms with E-state index in [-0.39, 0.29) is 5.69 Å². The molecule has 0 saturated heterocycles. The van der Waals surface area contributed by atoms with E-state index in [9.17, 15) is 8.78 Å². The SMILES string of the molecule is CC.CNc1cc(F)c(C)cc1F. The Bertz CT molecular complexity index is 272. The van der Waals surface area contributed by atoms with Crippen LogP contribution in [0.5, 0.6) is 0 Å². The van der Waals surface area contributed by atoms with Crippen LogP contribution >= 0.6 is 0 Å². The molecule has 0 amide bonds. The summed E-state index contributed by atoms with van der Waals surface area (Å²) in [6.45, 7) is 5.53. The van der Waals surface area contributed by atoms with Crippen molar-refractivity contribution in [3.63, 3.8) is 0 Å². The third-order valence-corrected chi connectivity index (χ3v) is 1.52. The summed E-state index contributed by atoms with van der Waals surface area (Å²) in [4.78, 5) is 0. The van der Waals surface area contributed by atoms with Crippen molar-refractivity contribution in [2.45, 2.75) is 20.8 Å². The van der Waals surface area contributed by atoms with Gasteiger partial charge in [0.05, 0.1) is 5.69 Å². The van der Waals surface area contributed by atoms with Crippen molar-refractivity contribution in [3.8, 4) is 0 Å². The lowest BCUT2D eigenvalue weighted by molar-refractivity contribution is 0.595. The molecule has 0 heterocycles. The van der Waals surface area contributed by atoms with Gasteiger partial charge in [0.1, 0.15) is 11.6 Å². The summed E-state index contributed by atoms with van der Waals surface area (Å²) in [5, 5.41) is 2.55. The van der Waals surface area contributed by atoms with Crippen LogP contribution in [-0.4, -0.2) is 7.05 Å². The van der Waals surface area contributed by atoms with Gasteiger partial charge in [0, 0.05) is 13.1 Å². The van der Waals surface area contributed by atoms with E-state index >= 15 is 0 Å². The maximum atomic E-state index is 12.8. The zero-order valence-electron chi connectivity index (χ0n) is 8.41. The number of nitrogens with one attached hydrogen (secondary N) is 1. The summed E-state index contributed by atoms with van der Waals surface area (Å²) in [5.41, 5.74) is 0.509. The van der Waals surface area contributed by atoms with Gasteiger partial charge >= 0.3 is 0 Å². The molecule has 1 aromatic carbocycles. The van der Waals surface area contributed by atoms with E-state index in [2.05, 4.69) is 5.32 Å². The second-order valence-corrected chi connectivity index (χ2v) is 2.33. The van der Waals surface area contributed by atoms with Crippen LogP contribution in [0.1, 0.15) is 19.4 Å². The summed E-state index contributed by atoms with van der Waals surface area (Å²) >= 11 is 0. The first-order chi connectivity index (χ1) is 6.15. The molecule has 0 aliphatic heterocycles. The summed E-state index contributed by atoms with van der Waals surface area (Å²) in [6, 6.07) is 2.31. The number of benzene rings is 1. The van der Waals surface area contributed by atoms with Crippen LogP contribution in [0.3, 0.4) is 0 Å². The molecule has 1 rings (SSSR count). The summed E-state index contributed by atoms with van der Waals surface area (Å²) < 4.78 is 25.5. The molecule has 0 atom stereocenters. The Morgan fingerprint density at radius 3 is 2.08 bits per heavy atom. The molecule has 1 nitrogen and oxygen atoms in total. The van der Waals surface area contributed by atoms with E-state index in [1.807, 2.05) is 13.8 Å². The molecule has 0 saturated carbocycles. The molecule has 0 radical (unpaired) electrons. The molecule has 74 valence electrons. The van der Waals surface area contributed by atoms with Crippen LogP contribution in [0.2, 0.25) is 0 Å². The number of hydrogen-bond acceptors (Lipinski definition) is 1. The Labute approximate surface area is 77.8 Å². The number of halogens is 2. The van der Waals surface area contributed by atoms with Crippen molar-refractivity contribution >= 4 is 5.69 Å². The van der Waals surface area contributed by atoms with Gasteiger partial charge < -0.3 is 5.32 Å². The van der Waals surface area contributed by atoms with E-state index in [1.165, 1.54) is 13.0 Å². The Hall–Kier alpha value is -1.12. The Morgan fingerprint density at radius 2 is 1.62 bits per heavy atom. The number of rotatable bonds is 1. The summed E-state index contributed by atoms with van der Waals surface area (Å²) in [5.74, 6) is -0.817. The average molecular weight is 187 g/mol. The van der Waals surface area contributed by atoms with Gasteiger partial charge in [0.25, 0.3) is 0 Å². The van der Waals surface area contributed by atoms with Gasteiger partial charge in [-0.3, -0.25) is 0 Å². The number of hydrogen-bond donors (Lipinski definition) is 1. The van der Waals surface area contributed by atoms with Gasteiger partial charge in [-0.05, 0) is 18.6 Å².